The summed E-state index contributed by atoms with van der Waals surface area (Å²) in [5.41, 5.74) is 2.82. The first kappa shape index (κ1) is 10.7. The summed E-state index contributed by atoms with van der Waals surface area (Å²) in [6, 6.07) is 5.25. The van der Waals surface area contributed by atoms with Crippen molar-refractivity contribution in [1.29, 1.82) is 5.26 Å². The third-order valence-corrected chi connectivity index (χ3v) is 4.20. The summed E-state index contributed by atoms with van der Waals surface area (Å²) < 4.78 is 13.6. The summed E-state index contributed by atoms with van der Waals surface area (Å²) in [7, 11) is 0. The van der Waals surface area contributed by atoms with Crippen molar-refractivity contribution in [2.24, 2.45) is 5.41 Å². The summed E-state index contributed by atoms with van der Waals surface area (Å²) in [4.78, 5) is 0. The molecule has 1 saturated heterocycles. The number of rotatable bonds is 0. The Labute approximate surface area is 100 Å². The van der Waals surface area contributed by atoms with Gasteiger partial charge >= 0.3 is 0 Å². The van der Waals surface area contributed by atoms with E-state index in [-0.39, 0.29) is 11.4 Å². The summed E-state index contributed by atoms with van der Waals surface area (Å²) >= 11 is 0. The van der Waals surface area contributed by atoms with Crippen LogP contribution in [0.5, 0.6) is 0 Å². The molecule has 88 valence electrons. The second-order valence-corrected chi connectivity index (χ2v) is 5.32. The van der Waals surface area contributed by atoms with Gasteiger partial charge in [-0.15, -0.1) is 0 Å². The molecule has 0 atom stereocenters. The Morgan fingerprint density at radius 2 is 1.82 bits per heavy atom. The predicted molar refractivity (Wildman–Crippen MR) is 63.1 cm³/mol. The van der Waals surface area contributed by atoms with E-state index in [9.17, 15) is 4.39 Å². The second-order valence-electron chi connectivity index (χ2n) is 5.32. The van der Waals surface area contributed by atoms with Crippen LogP contribution < -0.4 is 5.32 Å². The van der Waals surface area contributed by atoms with Gasteiger partial charge in [0, 0.05) is 0 Å². The molecule has 1 spiro atoms. The number of nitrogens with one attached hydrogen (secondary N) is 1. The Bertz CT molecular complexity index is 496. The molecule has 0 amide bonds. The molecule has 1 fully saturated rings. The van der Waals surface area contributed by atoms with E-state index >= 15 is 0 Å². The average molecular weight is 230 g/mol. The van der Waals surface area contributed by atoms with E-state index in [0.29, 0.717) is 5.41 Å². The first-order valence-electron chi connectivity index (χ1n) is 6.15. The van der Waals surface area contributed by atoms with Gasteiger partial charge in [-0.1, -0.05) is 0 Å². The summed E-state index contributed by atoms with van der Waals surface area (Å²) in [5, 5.41) is 12.2. The molecule has 1 heterocycles. The number of hydrogen-bond donors (Lipinski definition) is 1. The summed E-state index contributed by atoms with van der Waals surface area (Å²) in [6.45, 7) is 2.11. The fraction of sp³-hybridized carbons (Fsp3) is 0.500. The molecule has 1 aliphatic heterocycles. The SMILES string of the molecule is N#Cc1cc2c(cc1F)CC1(CCNCC1)C2. The van der Waals surface area contributed by atoms with Crippen LogP contribution in [-0.4, -0.2) is 13.1 Å². The number of benzene rings is 1. The van der Waals surface area contributed by atoms with Gasteiger partial charge < -0.3 is 5.32 Å². The van der Waals surface area contributed by atoms with Gasteiger partial charge in [0.25, 0.3) is 0 Å². The van der Waals surface area contributed by atoms with Crippen LogP contribution in [0.3, 0.4) is 0 Å². The molecule has 2 nitrogen and oxygen atoms in total. The van der Waals surface area contributed by atoms with Crippen LogP contribution in [0.15, 0.2) is 12.1 Å². The molecule has 0 unspecified atom stereocenters. The Hall–Kier alpha value is -1.40. The quantitative estimate of drug-likeness (QED) is 0.741. The highest BCUT2D eigenvalue weighted by molar-refractivity contribution is 5.43. The van der Waals surface area contributed by atoms with E-state index in [1.54, 1.807) is 12.1 Å². The van der Waals surface area contributed by atoms with E-state index in [1.165, 1.54) is 5.56 Å². The molecule has 3 rings (SSSR count). The third-order valence-electron chi connectivity index (χ3n) is 4.20. The van der Waals surface area contributed by atoms with E-state index in [0.717, 1.165) is 44.3 Å². The Morgan fingerprint density at radius 3 is 2.47 bits per heavy atom. The molecule has 1 N–H and O–H groups in total. The largest absolute Gasteiger partial charge is 0.317 e. The number of hydrogen-bond acceptors (Lipinski definition) is 2. The van der Waals surface area contributed by atoms with Crippen LogP contribution in [0.25, 0.3) is 0 Å². The molecule has 17 heavy (non-hydrogen) atoms. The lowest BCUT2D eigenvalue weighted by molar-refractivity contribution is 0.216. The Kier molecular flexibility index (Phi) is 2.41. The standard InChI is InChI=1S/C14H15FN2/c15-13-6-11-8-14(1-3-17-4-2-14)7-10(11)5-12(13)9-16/h5-6,17H,1-4,7-8H2. The highest BCUT2D eigenvalue weighted by atomic mass is 19.1. The van der Waals surface area contributed by atoms with Gasteiger partial charge in [0.05, 0.1) is 5.56 Å². The molecule has 1 aromatic carbocycles. The van der Waals surface area contributed by atoms with Crippen molar-refractivity contribution in [1.82, 2.24) is 5.32 Å². The predicted octanol–water partition coefficient (Wildman–Crippen LogP) is 2.17. The van der Waals surface area contributed by atoms with Gasteiger partial charge in [0.2, 0.25) is 0 Å². The molecule has 0 aromatic heterocycles. The van der Waals surface area contributed by atoms with Crippen molar-refractivity contribution in [3.63, 3.8) is 0 Å². The lowest BCUT2D eigenvalue weighted by Crippen LogP contribution is -2.37. The fourth-order valence-corrected chi connectivity index (χ4v) is 3.26. The molecule has 1 aliphatic carbocycles. The van der Waals surface area contributed by atoms with Crippen molar-refractivity contribution >= 4 is 0 Å². The molecular formula is C14H15FN2. The van der Waals surface area contributed by atoms with Crippen LogP contribution in [-0.2, 0) is 12.8 Å². The van der Waals surface area contributed by atoms with E-state index < -0.39 is 0 Å². The minimum Gasteiger partial charge on any atom is -0.317 e. The van der Waals surface area contributed by atoms with Gasteiger partial charge in [-0.3, -0.25) is 0 Å². The van der Waals surface area contributed by atoms with Crippen molar-refractivity contribution in [2.75, 3.05) is 13.1 Å². The van der Waals surface area contributed by atoms with Crippen LogP contribution in [0, 0.1) is 22.6 Å². The fourth-order valence-electron chi connectivity index (χ4n) is 3.26. The highest BCUT2D eigenvalue weighted by Gasteiger charge is 2.38. The normalized spacial score (nSPS) is 21.2. The lowest BCUT2D eigenvalue weighted by Gasteiger charge is -2.33. The number of piperidine rings is 1. The maximum absolute atomic E-state index is 13.6. The minimum absolute atomic E-state index is 0.190. The minimum atomic E-state index is -0.364. The molecule has 0 bridgehead atoms. The van der Waals surface area contributed by atoms with Gasteiger partial charge in [0.15, 0.2) is 0 Å². The van der Waals surface area contributed by atoms with E-state index in [4.69, 9.17) is 5.26 Å². The zero-order valence-corrected chi connectivity index (χ0v) is 9.72. The Morgan fingerprint density at radius 1 is 1.18 bits per heavy atom. The third kappa shape index (κ3) is 1.73. The zero-order chi connectivity index (χ0) is 11.9. The first-order chi connectivity index (χ1) is 8.22. The van der Waals surface area contributed by atoms with Crippen molar-refractivity contribution in [2.45, 2.75) is 25.7 Å². The maximum atomic E-state index is 13.6. The van der Waals surface area contributed by atoms with E-state index in [2.05, 4.69) is 5.32 Å². The van der Waals surface area contributed by atoms with Gasteiger partial charge in [0.1, 0.15) is 11.9 Å². The topological polar surface area (TPSA) is 35.8 Å². The highest BCUT2D eigenvalue weighted by Crippen LogP contribution is 2.43. The second kappa shape index (κ2) is 3.82. The van der Waals surface area contributed by atoms with Crippen LogP contribution in [0.4, 0.5) is 4.39 Å². The average Bonchev–Trinajstić information content (AvgIpc) is 2.65. The molecule has 0 saturated carbocycles. The lowest BCUT2D eigenvalue weighted by atomic mass is 9.76. The zero-order valence-electron chi connectivity index (χ0n) is 9.72. The molecule has 0 radical (unpaired) electrons. The molecule has 1 aromatic rings. The monoisotopic (exact) mass is 230 g/mol. The summed E-state index contributed by atoms with van der Waals surface area (Å²) in [6.07, 6.45) is 4.31. The van der Waals surface area contributed by atoms with Crippen LogP contribution in [0.1, 0.15) is 29.5 Å². The summed E-state index contributed by atoms with van der Waals surface area (Å²) in [5.74, 6) is -0.364. The Balaban J connectivity index is 1.95. The number of fused-ring (bicyclic) bond motifs is 1. The first-order valence-corrected chi connectivity index (χ1v) is 6.15. The maximum Gasteiger partial charge on any atom is 0.141 e. The van der Waals surface area contributed by atoms with Crippen molar-refractivity contribution < 1.29 is 4.39 Å². The molecule has 2 aliphatic rings. The van der Waals surface area contributed by atoms with Gasteiger partial charge in [-0.25, -0.2) is 4.39 Å². The number of nitriles is 1. The van der Waals surface area contributed by atoms with Gasteiger partial charge in [-0.05, 0) is 67.4 Å². The van der Waals surface area contributed by atoms with Gasteiger partial charge in [-0.2, -0.15) is 5.26 Å². The number of nitrogens with zero attached hydrogens (tertiary/aromatic N) is 1. The molecular weight excluding hydrogens is 215 g/mol. The van der Waals surface area contributed by atoms with Crippen LogP contribution >= 0.6 is 0 Å². The number of halogens is 1. The smallest absolute Gasteiger partial charge is 0.141 e. The van der Waals surface area contributed by atoms with Crippen molar-refractivity contribution in [3.8, 4) is 6.07 Å². The van der Waals surface area contributed by atoms with Crippen molar-refractivity contribution in [3.05, 3.63) is 34.6 Å². The van der Waals surface area contributed by atoms with E-state index in [1.807, 2.05) is 6.07 Å². The van der Waals surface area contributed by atoms with Crippen LogP contribution in [0.2, 0.25) is 0 Å². The molecule has 3 heteroatoms.